The fourth-order valence-electron chi connectivity index (χ4n) is 4.21. The van der Waals surface area contributed by atoms with Crippen molar-refractivity contribution in [2.24, 2.45) is 0 Å². The summed E-state index contributed by atoms with van der Waals surface area (Å²) in [6, 6.07) is 28.2. The van der Waals surface area contributed by atoms with Crippen LogP contribution in [0.5, 0.6) is 17.2 Å². The van der Waals surface area contributed by atoms with E-state index in [1.807, 2.05) is 31.2 Å². The third-order valence-corrected chi connectivity index (χ3v) is 7.53. The van der Waals surface area contributed by atoms with Crippen LogP contribution in [0.15, 0.2) is 108 Å². The van der Waals surface area contributed by atoms with Crippen LogP contribution >= 0.6 is 11.8 Å². The highest BCUT2D eigenvalue weighted by Gasteiger charge is 2.18. The zero-order valence-corrected chi connectivity index (χ0v) is 26.3. The van der Waals surface area contributed by atoms with Gasteiger partial charge in [0.05, 0.1) is 26.1 Å². The molecule has 232 valence electrons. The van der Waals surface area contributed by atoms with Crippen molar-refractivity contribution in [3.05, 3.63) is 114 Å². The molecule has 45 heavy (non-hydrogen) atoms. The molecule has 9 nitrogen and oxygen atoms in total. The minimum atomic E-state index is -0.523. The number of hydrogen-bond acceptors (Lipinski definition) is 7. The van der Waals surface area contributed by atoms with Crippen LogP contribution < -0.4 is 30.2 Å². The molecule has 3 amide bonds. The normalized spacial score (nSPS) is 11.6. The van der Waals surface area contributed by atoms with Gasteiger partial charge in [-0.3, -0.25) is 14.4 Å². The third kappa shape index (κ3) is 9.38. The number of amides is 3. The number of nitrogens with one attached hydrogen (secondary N) is 3. The molecular weight excluding hydrogens is 590 g/mol. The smallest absolute Gasteiger partial charge is 0.272 e. The molecule has 0 fully saturated rings. The van der Waals surface area contributed by atoms with Gasteiger partial charge in [0.15, 0.2) is 0 Å². The van der Waals surface area contributed by atoms with Crippen LogP contribution in [-0.2, 0) is 9.59 Å². The highest BCUT2D eigenvalue weighted by atomic mass is 32.2. The molecule has 0 saturated carbocycles. The van der Waals surface area contributed by atoms with E-state index in [9.17, 15) is 14.4 Å². The van der Waals surface area contributed by atoms with Crippen molar-refractivity contribution >= 4 is 46.9 Å². The zero-order chi connectivity index (χ0) is 32.2. The summed E-state index contributed by atoms with van der Waals surface area (Å²) < 4.78 is 16.3. The summed E-state index contributed by atoms with van der Waals surface area (Å²) >= 11 is 1.33. The number of thioether (sulfide) groups is 1. The first-order chi connectivity index (χ1) is 21.8. The molecule has 0 aliphatic heterocycles. The number of hydrogen-bond donors (Lipinski definition) is 3. The first-order valence-corrected chi connectivity index (χ1v) is 15.1. The molecule has 3 N–H and O–H groups in total. The lowest BCUT2D eigenvalue weighted by Crippen LogP contribution is -2.30. The fraction of sp³-hybridized carbons (Fsp3) is 0.171. The number of rotatable bonds is 13. The van der Waals surface area contributed by atoms with E-state index in [4.69, 9.17) is 14.2 Å². The van der Waals surface area contributed by atoms with Crippen LogP contribution in [0.4, 0.5) is 11.4 Å². The van der Waals surface area contributed by atoms with Crippen molar-refractivity contribution < 1.29 is 28.6 Å². The third-order valence-electron chi connectivity index (χ3n) is 6.44. The largest absolute Gasteiger partial charge is 0.497 e. The average Bonchev–Trinajstić information content (AvgIpc) is 3.05. The minimum Gasteiger partial charge on any atom is -0.497 e. The first kappa shape index (κ1) is 32.7. The molecular formula is C35H35N3O6S. The Bertz CT molecular complexity index is 1650. The summed E-state index contributed by atoms with van der Waals surface area (Å²) in [7, 11) is 3.08. The van der Waals surface area contributed by atoms with Crippen molar-refractivity contribution in [1.82, 2.24) is 5.32 Å². The predicted octanol–water partition coefficient (Wildman–Crippen LogP) is 6.63. The molecule has 0 saturated heterocycles. The minimum absolute atomic E-state index is 0.0375. The lowest BCUT2D eigenvalue weighted by Gasteiger charge is -2.15. The van der Waals surface area contributed by atoms with Gasteiger partial charge in [0.2, 0.25) is 5.91 Å². The topological polar surface area (TPSA) is 115 Å². The van der Waals surface area contributed by atoms with Gasteiger partial charge in [-0.2, -0.15) is 0 Å². The Labute approximate surface area is 267 Å². The fourth-order valence-corrected chi connectivity index (χ4v) is 5.14. The van der Waals surface area contributed by atoms with Crippen LogP contribution in [0, 0.1) is 0 Å². The van der Waals surface area contributed by atoms with Gasteiger partial charge in [0.25, 0.3) is 11.8 Å². The summed E-state index contributed by atoms with van der Waals surface area (Å²) in [5, 5.41) is 8.05. The van der Waals surface area contributed by atoms with E-state index in [-0.39, 0.29) is 11.6 Å². The Hall–Kier alpha value is -5.22. The van der Waals surface area contributed by atoms with E-state index < -0.39 is 17.1 Å². The molecule has 0 bridgehead atoms. The maximum Gasteiger partial charge on any atom is 0.272 e. The van der Waals surface area contributed by atoms with Crippen molar-refractivity contribution in [1.29, 1.82) is 0 Å². The Kier molecular flexibility index (Phi) is 11.6. The Morgan fingerprint density at radius 1 is 0.800 bits per heavy atom. The van der Waals surface area contributed by atoms with Crippen molar-refractivity contribution in [3.63, 3.8) is 0 Å². The molecule has 4 aromatic rings. The van der Waals surface area contributed by atoms with Gasteiger partial charge in [-0.15, -0.1) is 11.8 Å². The Morgan fingerprint density at radius 2 is 1.49 bits per heavy atom. The van der Waals surface area contributed by atoms with E-state index in [1.165, 1.54) is 11.8 Å². The second-order valence-corrected chi connectivity index (χ2v) is 11.1. The second-order valence-electron chi connectivity index (χ2n) is 9.68. The highest BCUT2D eigenvalue weighted by Crippen LogP contribution is 2.29. The summed E-state index contributed by atoms with van der Waals surface area (Å²) in [6.07, 6.45) is 1.58. The molecule has 0 aliphatic rings. The summed E-state index contributed by atoms with van der Waals surface area (Å²) in [4.78, 5) is 40.4. The molecule has 4 rings (SSSR count). The van der Waals surface area contributed by atoms with Gasteiger partial charge >= 0.3 is 0 Å². The van der Waals surface area contributed by atoms with Crippen LogP contribution in [-0.4, -0.2) is 43.8 Å². The molecule has 0 heterocycles. The lowest BCUT2D eigenvalue weighted by molar-refractivity contribution is -0.115. The number of carbonyl (C=O) groups is 3. The first-order valence-electron chi connectivity index (χ1n) is 14.2. The quantitative estimate of drug-likeness (QED) is 0.113. The molecule has 0 aromatic heterocycles. The van der Waals surface area contributed by atoms with Crippen LogP contribution in [0.3, 0.4) is 0 Å². The maximum atomic E-state index is 13.6. The van der Waals surface area contributed by atoms with Gasteiger partial charge in [0.1, 0.15) is 22.9 Å². The zero-order valence-electron chi connectivity index (χ0n) is 25.5. The van der Waals surface area contributed by atoms with Crippen LogP contribution in [0.1, 0.15) is 29.8 Å². The predicted molar refractivity (Wildman–Crippen MR) is 178 cm³/mol. The second kappa shape index (κ2) is 16.0. The molecule has 1 unspecified atom stereocenters. The van der Waals surface area contributed by atoms with Gasteiger partial charge in [-0.1, -0.05) is 42.5 Å². The van der Waals surface area contributed by atoms with Crippen LogP contribution in [0.25, 0.3) is 6.08 Å². The molecule has 0 aliphatic carbocycles. The number of anilines is 2. The van der Waals surface area contributed by atoms with E-state index in [1.54, 1.807) is 100 Å². The van der Waals surface area contributed by atoms with Crippen molar-refractivity contribution in [2.75, 3.05) is 31.5 Å². The van der Waals surface area contributed by atoms with E-state index in [0.29, 0.717) is 46.4 Å². The molecule has 10 heteroatoms. The van der Waals surface area contributed by atoms with E-state index in [2.05, 4.69) is 16.0 Å². The number of ether oxygens (including phenoxy) is 3. The number of benzene rings is 4. The van der Waals surface area contributed by atoms with Crippen LogP contribution in [0.2, 0.25) is 0 Å². The maximum absolute atomic E-state index is 13.6. The van der Waals surface area contributed by atoms with Gasteiger partial charge in [-0.05, 0) is 56.3 Å². The van der Waals surface area contributed by atoms with Gasteiger partial charge in [-0.25, -0.2) is 0 Å². The highest BCUT2D eigenvalue weighted by molar-refractivity contribution is 8.00. The molecule has 0 radical (unpaired) electrons. The number of para-hydroxylation sites is 1. The summed E-state index contributed by atoms with van der Waals surface area (Å²) in [5.74, 6) is 0.532. The summed E-state index contributed by atoms with van der Waals surface area (Å²) in [6.45, 7) is 4.10. The SMILES string of the molecule is CCOc1ccccc1/C=C(/NC(=O)c1ccccc1)C(=O)Nc1cccc(SC(C)C(=O)Nc2cc(OC)cc(OC)c2)c1. The lowest BCUT2D eigenvalue weighted by atomic mass is 10.1. The molecule has 4 aromatic carbocycles. The van der Waals surface area contributed by atoms with E-state index >= 15 is 0 Å². The number of carbonyl (C=O) groups excluding carboxylic acids is 3. The molecule has 0 spiro atoms. The standard InChI is InChI=1S/C35H35N3O6S/c1-5-44-32-17-10-9-14-25(32)18-31(38-34(40)24-12-7-6-8-13-24)35(41)36-26-15-11-16-30(21-26)45-23(2)33(39)37-27-19-28(42-3)22-29(20-27)43-4/h6-23H,5H2,1-4H3,(H,36,41)(H,37,39)(H,38,40)/b31-18+. The summed E-state index contributed by atoms with van der Waals surface area (Å²) in [5.41, 5.74) is 2.12. The van der Waals surface area contributed by atoms with E-state index in [0.717, 1.165) is 4.90 Å². The Balaban J connectivity index is 1.50. The van der Waals surface area contributed by atoms with Crippen molar-refractivity contribution in [2.45, 2.75) is 24.0 Å². The average molecular weight is 626 g/mol. The molecule has 1 atom stereocenters. The number of methoxy groups -OCH3 is 2. The van der Waals surface area contributed by atoms with Gasteiger partial charge < -0.3 is 30.2 Å². The Morgan fingerprint density at radius 3 is 2.18 bits per heavy atom. The van der Waals surface area contributed by atoms with Crippen molar-refractivity contribution in [3.8, 4) is 17.2 Å². The monoisotopic (exact) mass is 625 g/mol. The van der Waals surface area contributed by atoms with Gasteiger partial charge in [0, 0.05) is 45.6 Å².